The predicted molar refractivity (Wildman–Crippen MR) is 118 cm³/mol. The van der Waals surface area contributed by atoms with Gasteiger partial charge >= 0.3 is 0 Å². The summed E-state index contributed by atoms with van der Waals surface area (Å²) in [5, 5.41) is 11.4. The lowest BCUT2D eigenvalue weighted by Crippen LogP contribution is -2.41. The molecule has 1 amide bonds. The molecule has 2 aromatic carbocycles. The first-order valence-electron chi connectivity index (χ1n) is 10.8. The van der Waals surface area contributed by atoms with Gasteiger partial charge in [0.25, 0.3) is 5.91 Å². The Morgan fingerprint density at radius 2 is 1.87 bits per heavy atom. The van der Waals surface area contributed by atoms with Crippen LogP contribution in [-0.2, 0) is 13.1 Å². The zero-order chi connectivity index (χ0) is 20.8. The smallest absolute Gasteiger partial charge is 0.251 e. The molecule has 0 radical (unpaired) electrons. The Balaban J connectivity index is 1.29. The molecule has 1 N–H and O–H groups in total. The van der Waals surface area contributed by atoms with Crippen LogP contribution in [0.2, 0.25) is 0 Å². The molecular weight excluding hydrogens is 374 g/mol. The predicted octanol–water partition coefficient (Wildman–Crippen LogP) is 3.61. The van der Waals surface area contributed by atoms with Crippen LogP contribution in [0.4, 0.5) is 0 Å². The van der Waals surface area contributed by atoms with E-state index in [9.17, 15) is 4.79 Å². The first-order valence-corrected chi connectivity index (χ1v) is 10.8. The minimum Gasteiger partial charge on any atom is -0.352 e. The molecule has 4 rings (SSSR count). The minimum atomic E-state index is -0.00235. The van der Waals surface area contributed by atoms with Gasteiger partial charge in [0.05, 0.1) is 6.54 Å². The van der Waals surface area contributed by atoms with E-state index in [2.05, 4.69) is 44.0 Å². The minimum absolute atomic E-state index is 0.00235. The van der Waals surface area contributed by atoms with E-state index >= 15 is 0 Å². The number of hydrogen-bond acceptors (Lipinski definition) is 4. The van der Waals surface area contributed by atoms with Crippen molar-refractivity contribution < 1.29 is 4.79 Å². The Bertz CT molecular complexity index is 951. The third kappa shape index (κ3) is 4.94. The van der Waals surface area contributed by atoms with Crippen LogP contribution in [0.5, 0.6) is 0 Å². The number of benzene rings is 2. The van der Waals surface area contributed by atoms with Crippen molar-refractivity contribution in [2.45, 2.75) is 32.9 Å². The van der Waals surface area contributed by atoms with Gasteiger partial charge in [-0.2, -0.15) is 0 Å². The number of aryl methyl sites for hydroxylation is 1. The van der Waals surface area contributed by atoms with E-state index in [1.54, 1.807) is 6.33 Å². The fourth-order valence-electron chi connectivity index (χ4n) is 4.11. The fourth-order valence-corrected chi connectivity index (χ4v) is 4.11. The van der Waals surface area contributed by atoms with Crippen LogP contribution < -0.4 is 5.32 Å². The van der Waals surface area contributed by atoms with Gasteiger partial charge in [-0.15, -0.1) is 10.2 Å². The van der Waals surface area contributed by atoms with E-state index in [0.29, 0.717) is 18.0 Å². The Morgan fingerprint density at radius 3 is 2.63 bits per heavy atom. The summed E-state index contributed by atoms with van der Waals surface area (Å²) in [5.41, 5.74) is 2.99. The van der Waals surface area contributed by atoms with Crippen molar-refractivity contribution in [1.29, 1.82) is 0 Å². The molecule has 1 aliphatic rings. The van der Waals surface area contributed by atoms with E-state index in [1.165, 1.54) is 0 Å². The maximum Gasteiger partial charge on any atom is 0.251 e. The molecule has 1 fully saturated rings. The lowest BCUT2D eigenvalue weighted by atomic mass is 9.97. The molecule has 30 heavy (non-hydrogen) atoms. The quantitative estimate of drug-likeness (QED) is 0.655. The van der Waals surface area contributed by atoms with Gasteiger partial charge in [-0.25, -0.2) is 0 Å². The average Bonchev–Trinajstić information content (AvgIpc) is 3.25. The Hall–Kier alpha value is -2.99. The highest BCUT2D eigenvalue weighted by Crippen LogP contribution is 2.20. The monoisotopic (exact) mass is 403 g/mol. The number of nitrogens with zero attached hydrogens (tertiary/aromatic N) is 4. The third-order valence-corrected chi connectivity index (χ3v) is 5.81. The van der Waals surface area contributed by atoms with E-state index in [-0.39, 0.29) is 5.91 Å². The van der Waals surface area contributed by atoms with Crippen molar-refractivity contribution in [3.05, 3.63) is 72.3 Å². The topological polar surface area (TPSA) is 63.1 Å². The van der Waals surface area contributed by atoms with Gasteiger partial charge in [-0.05, 0) is 55.5 Å². The number of aromatic nitrogens is 3. The maximum absolute atomic E-state index is 12.6. The second-order valence-corrected chi connectivity index (χ2v) is 7.93. The molecule has 0 aliphatic carbocycles. The Labute approximate surface area is 177 Å². The molecule has 1 atom stereocenters. The van der Waals surface area contributed by atoms with Crippen LogP contribution in [0.25, 0.3) is 11.1 Å². The molecule has 0 spiro atoms. The largest absolute Gasteiger partial charge is 0.352 e. The van der Waals surface area contributed by atoms with Gasteiger partial charge in [0.2, 0.25) is 0 Å². The lowest BCUT2D eigenvalue weighted by Gasteiger charge is -2.32. The van der Waals surface area contributed by atoms with E-state index < -0.39 is 0 Å². The molecule has 1 aliphatic heterocycles. The summed E-state index contributed by atoms with van der Waals surface area (Å²) in [6, 6.07) is 18.0. The average molecular weight is 404 g/mol. The molecule has 0 saturated carbocycles. The molecule has 2 heterocycles. The summed E-state index contributed by atoms with van der Waals surface area (Å²) in [6.45, 7) is 6.56. The highest BCUT2D eigenvalue weighted by Gasteiger charge is 2.22. The summed E-state index contributed by atoms with van der Waals surface area (Å²) >= 11 is 0. The molecule has 0 bridgehead atoms. The van der Waals surface area contributed by atoms with Gasteiger partial charge in [-0.1, -0.05) is 42.5 Å². The van der Waals surface area contributed by atoms with E-state index in [1.807, 2.05) is 42.5 Å². The number of hydrogen-bond donors (Lipinski definition) is 1. The Kier molecular flexibility index (Phi) is 6.54. The number of piperidine rings is 1. The highest BCUT2D eigenvalue weighted by atomic mass is 16.1. The van der Waals surface area contributed by atoms with Gasteiger partial charge in [0, 0.05) is 25.2 Å². The lowest BCUT2D eigenvalue weighted by molar-refractivity contribution is 0.0929. The molecule has 6 nitrogen and oxygen atoms in total. The first kappa shape index (κ1) is 20.3. The molecule has 0 unspecified atom stereocenters. The maximum atomic E-state index is 12.6. The summed E-state index contributed by atoms with van der Waals surface area (Å²) in [7, 11) is 0. The third-order valence-electron chi connectivity index (χ3n) is 5.81. The highest BCUT2D eigenvalue weighted by molar-refractivity contribution is 5.94. The van der Waals surface area contributed by atoms with Crippen LogP contribution in [0.15, 0.2) is 60.9 Å². The number of amides is 1. The summed E-state index contributed by atoms with van der Waals surface area (Å²) in [4.78, 5) is 15.0. The number of carbonyl (C=O) groups excluding carboxylic acids is 1. The standard InChI is InChI=1S/C24H29N5O/c1-2-29-18-26-27-23(29)17-28-14-6-7-19(16-28)15-25-24(30)22-12-10-21(11-13-22)20-8-4-3-5-9-20/h3-5,8-13,18-19H,2,6-7,14-17H2,1H3,(H,25,30)/t19-/m0/s1. The molecule has 3 aromatic rings. The second-order valence-electron chi connectivity index (χ2n) is 7.93. The molecular formula is C24H29N5O. The van der Waals surface area contributed by atoms with Gasteiger partial charge in [0.1, 0.15) is 12.2 Å². The van der Waals surface area contributed by atoms with Gasteiger partial charge < -0.3 is 9.88 Å². The van der Waals surface area contributed by atoms with Crippen molar-refractivity contribution in [3.8, 4) is 11.1 Å². The number of nitrogens with one attached hydrogen (secondary N) is 1. The molecule has 1 saturated heterocycles. The van der Waals surface area contributed by atoms with E-state index in [4.69, 9.17) is 0 Å². The van der Waals surface area contributed by atoms with Crippen molar-refractivity contribution in [3.63, 3.8) is 0 Å². The number of likely N-dealkylation sites (tertiary alicyclic amines) is 1. The van der Waals surface area contributed by atoms with Crippen molar-refractivity contribution >= 4 is 5.91 Å². The van der Waals surface area contributed by atoms with Crippen molar-refractivity contribution in [2.75, 3.05) is 19.6 Å². The van der Waals surface area contributed by atoms with E-state index in [0.717, 1.165) is 56.0 Å². The van der Waals surface area contributed by atoms with Gasteiger partial charge in [0.15, 0.2) is 0 Å². The number of rotatable bonds is 7. The number of carbonyl (C=O) groups is 1. The van der Waals surface area contributed by atoms with Crippen LogP contribution in [0.3, 0.4) is 0 Å². The van der Waals surface area contributed by atoms with Crippen molar-refractivity contribution in [1.82, 2.24) is 25.0 Å². The fraction of sp³-hybridized carbons (Fsp3) is 0.375. The summed E-state index contributed by atoms with van der Waals surface area (Å²) < 4.78 is 2.09. The zero-order valence-electron chi connectivity index (χ0n) is 17.5. The van der Waals surface area contributed by atoms with Crippen LogP contribution >= 0.6 is 0 Å². The zero-order valence-corrected chi connectivity index (χ0v) is 17.5. The summed E-state index contributed by atoms with van der Waals surface area (Å²) in [6.07, 6.45) is 4.08. The van der Waals surface area contributed by atoms with Crippen LogP contribution in [-0.4, -0.2) is 45.2 Å². The normalized spacial score (nSPS) is 17.0. The SMILES string of the molecule is CCn1cnnc1CN1CCC[C@@H](CNC(=O)c2ccc(-c3ccccc3)cc2)C1. The first-order chi connectivity index (χ1) is 14.7. The summed E-state index contributed by atoms with van der Waals surface area (Å²) in [5.74, 6) is 1.47. The van der Waals surface area contributed by atoms with Gasteiger partial charge in [-0.3, -0.25) is 9.69 Å². The second kappa shape index (κ2) is 9.67. The Morgan fingerprint density at radius 1 is 1.10 bits per heavy atom. The van der Waals surface area contributed by atoms with Crippen molar-refractivity contribution in [2.24, 2.45) is 5.92 Å². The van der Waals surface area contributed by atoms with Crippen LogP contribution in [0, 0.1) is 5.92 Å². The van der Waals surface area contributed by atoms with Crippen LogP contribution in [0.1, 0.15) is 35.9 Å². The molecule has 6 heteroatoms. The molecule has 156 valence electrons. The molecule has 1 aromatic heterocycles.